The molecule has 1 N–H and O–H groups in total. The van der Waals surface area contributed by atoms with Gasteiger partial charge in [-0.1, -0.05) is 51.8 Å². The molecule has 2 unspecified atom stereocenters. The van der Waals surface area contributed by atoms with Crippen LogP contribution in [0.25, 0.3) is 0 Å². The van der Waals surface area contributed by atoms with E-state index in [1.54, 1.807) is 0 Å². The Morgan fingerprint density at radius 1 is 1.29 bits per heavy atom. The minimum atomic E-state index is -0.461. The molecule has 0 aromatic heterocycles. The van der Waals surface area contributed by atoms with Crippen molar-refractivity contribution < 1.29 is 9.84 Å². The second kappa shape index (κ2) is 6.39. The quantitative estimate of drug-likeness (QED) is 0.878. The van der Waals surface area contributed by atoms with Crippen LogP contribution in [0.5, 0.6) is 5.75 Å². The number of aliphatic hydroxyl groups is 1. The molecule has 1 aliphatic heterocycles. The Balaban J connectivity index is 1.70. The third-order valence-corrected chi connectivity index (χ3v) is 4.74. The van der Waals surface area contributed by atoms with Crippen LogP contribution in [0.1, 0.15) is 11.1 Å². The Kier molecular flexibility index (Phi) is 4.53. The normalized spacial score (nSPS) is 18.7. The average Bonchev–Trinajstić information content (AvgIpc) is 2.49. The summed E-state index contributed by atoms with van der Waals surface area (Å²) in [5.74, 6) is 1.03. The number of fused-ring (bicyclic) bond motifs is 1. The lowest BCUT2D eigenvalue weighted by molar-refractivity contribution is 0.0652. The highest BCUT2D eigenvalue weighted by Crippen LogP contribution is 2.30. The monoisotopic (exact) mass is 366 g/mol. The molecule has 2 aromatic rings. The van der Waals surface area contributed by atoms with Gasteiger partial charge in [0.25, 0.3) is 0 Å². The number of ether oxygens (including phenoxy) is 1. The molecule has 4 heteroatoms. The maximum Gasteiger partial charge on any atom is 0.122 e. The molecular weight excluding hydrogens is 352 g/mol. The maximum atomic E-state index is 10.5. The molecule has 0 saturated carbocycles. The predicted octanol–water partition coefficient (Wildman–Crippen LogP) is 4.26. The van der Waals surface area contributed by atoms with Crippen molar-refractivity contribution in [2.24, 2.45) is 5.92 Å². The molecule has 2 aromatic carbocycles. The van der Waals surface area contributed by atoms with Gasteiger partial charge in [-0.2, -0.15) is 0 Å². The number of halogens is 2. The highest BCUT2D eigenvalue weighted by Gasteiger charge is 2.26. The number of hydrogen-bond donors (Lipinski definition) is 1. The second-order valence-electron chi connectivity index (χ2n) is 5.39. The van der Waals surface area contributed by atoms with Gasteiger partial charge in [0, 0.05) is 21.8 Å². The SMILES string of the molecule is OC(Cc1ccc(Br)cc1Cl)C1COc2ccccc2C1. The minimum Gasteiger partial charge on any atom is -0.493 e. The summed E-state index contributed by atoms with van der Waals surface area (Å²) < 4.78 is 6.69. The molecule has 110 valence electrons. The Morgan fingerprint density at radius 2 is 2.10 bits per heavy atom. The predicted molar refractivity (Wildman–Crippen MR) is 88.0 cm³/mol. The van der Waals surface area contributed by atoms with Crippen LogP contribution in [0, 0.1) is 5.92 Å². The molecule has 0 saturated heterocycles. The number of hydrogen-bond acceptors (Lipinski definition) is 2. The Bertz CT molecular complexity index is 644. The first-order chi connectivity index (χ1) is 10.1. The molecule has 2 nitrogen and oxygen atoms in total. The maximum absolute atomic E-state index is 10.5. The van der Waals surface area contributed by atoms with E-state index >= 15 is 0 Å². The van der Waals surface area contributed by atoms with Crippen molar-refractivity contribution in [2.75, 3.05) is 6.61 Å². The molecule has 0 aliphatic carbocycles. The van der Waals surface area contributed by atoms with E-state index in [2.05, 4.69) is 22.0 Å². The van der Waals surface area contributed by atoms with Crippen molar-refractivity contribution >= 4 is 27.5 Å². The summed E-state index contributed by atoms with van der Waals surface area (Å²) in [4.78, 5) is 0. The molecule has 0 spiro atoms. The van der Waals surface area contributed by atoms with E-state index in [1.165, 1.54) is 0 Å². The van der Waals surface area contributed by atoms with Crippen molar-refractivity contribution in [2.45, 2.75) is 18.9 Å². The summed E-state index contributed by atoms with van der Waals surface area (Å²) in [5.41, 5.74) is 2.13. The van der Waals surface area contributed by atoms with Crippen LogP contribution in [-0.4, -0.2) is 17.8 Å². The summed E-state index contributed by atoms with van der Waals surface area (Å²) in [6.07, 6.45) is 0.922. The Morgan fingerprint density at radius 3 is 2.90 bits per heavy atom. The lowest BCUT2D eigenvalue weighted by Crippen LogP contribution is -2.33. The topological polar surface area (TPSA) is 29.5 Å². The molecule has 3 rings (SSSR count). The highest BCUT2D eigenvalue weighted by molar-refractivity contribution is 9.10. The molecular formula is C17H16BrClO2. The first-order valence-electron chi connectivity index (χ1n) is 6.96. The number of rotatable bonds is 3. The summed E-state index contributed by atoms with van der Waals surface area (Å²) in [5, 5.41) is 11.2. The van der Waals surface area contributed by atoms with E-state index in [1.807, 2.05) is 36.4 Å². The van der Waals surface area contributed by atoms with Gasteiger partial charge in [-0.05, 0) is 35.7 Å². The van der Waals surface area contributed by atoms with Gasteiger partial charge in [-0.15, -0.1) is 0 Å². The number of para-hydroxylation sites is 1. The first-order valence-corrected chi connectivity index (χ1v) is 8.13. The van der Waals surface area contributed by atoms with Crippen molar-refractivity contribution in [3.63, 3.8) is 0 Å². The van der Waals surface area contributed by atoms with Crippen LogP contribution >= 0.6 is 27.5 Å². The van der Waals surface area contributed by atoms with Gasteiger partial charge in [0.1, 0.15) is 5.75 Å². The van der Waals surface area contributed by atoms with Crippen LogP contribution in [0.3, 0.4) is 0 Å². The molecule has 0 amide bonds. The fraction of sp³-hybridized carbons (Fsp3) is 0.294. The van der Waals surface area contributed by atoms with E-state index in [0.29, 0.717) is 18.1 Å². The van der Waals surface area contributed by atoms with Crippen LogP contribution < -0.4 is 4.74 Å². The van der Waals surface area contributed by atoms with E-state index < -0.39 is 6.10 Å². The van der Waals surface area contributed by atoms with Gasteiger partial charge in [0.05, 0.1) is 12.7 Å². The van der Waals surface area contributed by atoms with Gasteiger partial charge in [0.2, 0.25) is 0 Å². The zero-order valence-corrected chi connectivity index (χ0v) is 13.8. The van der Waals surface area contributed by atoms with Gasteiger partial charge >= 0.3 is 0 Å². The Hall–Kier alpha value is -1.03. The molecule has 2 atom stereocenters. The zero-order valence-electron chi connectivity index (χ0n) is 11.4. The van der Waals surface area contributed by atoms with Crippen LogP contribution in [0.15, 0.2) is 46.9 Å². The van der Waals surface area contributed by atoms with Gasteiger partial charge in [-0.3, -0.25) is 0 Å². The van der Waals surface area contributed by atoms with Gasteiger partial charge in [-0.25, -0.2) is 0 Å². The van der Waals surface area contributed by atoms with Crippen LogP contribution in [0.2, 0.25) is 5.02 Å². The summed E-state index contributed by atoms with van der Waals surface area (Å²) in [6, 6.07) is 13.8. The molecule has 1 aliphatic rings. The summed E-state index contributed by atoms with van der Waals surface area (Å²) in [6.45, 7) is 0.548. The van der Waals surface area contributed by atoms with Crippen LogP contribution in [0.4, 0.5) is 0 Å². The van der Waals surface area contributed by atoms with Gasteiger partial charge in [0.15, 0.2) is 0 Å². The van der Waals surface area contributed by atoms with E-state index in [0.717, 1.165) is 27.8 Å². The van der Waals surface area contributed by atoms with Crippen molar-refractivity contribution in [1.82, 2.24) is 0 Å². The fourth-order valence-corrected chi connectivity index (χ4v) is 3.43. The average molecular weight is 368 g/mol. The molecule has 0 bridgehead atoms. The third kappa shape index (κ3) is 3.42. The number of benzene rings is 2. The standard InChI is InChI=1S/C17H16BrClO2/c18-14-6-5-11(15(19)9-14)8-16(20)13-7-12-3-1-2-4-17(12)21-10-13/h1-6,9,13,16,20H,7-8,10H2. The van der Waals surface area contributed by atoms with Crippen molar-refractivity contribution in [3.05, 3.63) is 63.1 Å². The lowest BCUT2D eigenvalue weighted by Gasteiger charge is -2.29. The number of aliphatic hydroxyl groups excluding tert-OH is 1. The highest BCUT2D eigenvalue weighted by atomic mass is 79.9. The van der Waals surface area contributed by atoms with Crippen molar-refractivity contribution in [3.8, 4) is 5.75 Å². The molecule has 0 fully saturated rings. The summed E-state index contributed by atoms with van der Waals surface area (Å²) in [7, 11) is 0. The Labute approximate surface area is 137 Å². The molecule has 21 heavy (non-hydrogen) atoms. The van der Waals surface area contributed by atoms with E-state index in [9.17, 15) is 5.11 Å². The minimum absolute atomic E-state index is 0.0969. The fourth-order valence-electron chi connectivity index (χ4n) is 2.68. The van der Waals surface area contributed by atoms with Crippen LogP contribution in [-0.2, 0) is 12.8 Å². The summed E-state index contributed by atoms with van der Waals surface area (Å²) >= 11 is 9.61. The third-order valence-electron chi connectivity index (χ3n) is 3.90. The largest absolute Gasteiger partial charge is 0.493 e. The molecule has 1 heterocycles. The van der Waals surface area contributed by atoms with E-state index in [-0.39, 0.29) is 5.92 Å². The zero-order chi connectivity index (χ0) is 14.8. The smallest absolute Gasteiger partial charge is 0.122 e. The molecule has 0 radical (unpaired) electrons. The second-order valence-corrected chi connectivity index (χ2v) is 6.71. The van der Waals surface area contributed by atoms with E-state index in [4.69, 9.17) is 16.3 Å². The lowest BCUT2D eigenvalue weighted by atomic mass is 9.89. The first kappa shape index (κ1) is 14.9. The van der Waals surface area contributed by atoms with Crippen molar-refractivity contribution in [1.29, 1.82) is 0 Å². The van der Waals surface area contributed by atoms with Gasteiger partial charge < -0.3 is 9.84 Å².